The second kappa shape index (κ2) is 9.15. The monoisotopic (exact) mass is 424 g/mol. The molecule has 2 amide bonds. The minimum Gasteiger partial charge on any atom is -0.333 e. The lowest BCUT2D eigenvalue weighted by Gasteiger charge is -2.33. The average molecular weight is 425 g/mol. The van der Waals surface area contributed by atoms with Gasteiger partial charge in [0.15, 0.2) is 0 Å². The number of hydrogen-bond acceptors (Lipinski definition) is 2. The van der Waals surface area contributed by atoms with E-state index < -0.39 is 29.8 Å². The summed E-state index contributed by atoms with van der Waals surface area (Å²) in [6.07, 6.45) is -3.73. The Bertz CT molecular complexity index is 677. The maximum Gasteiger partial charge on any atom is 0.391 e. The molecular weight excluding hydrogens is 404 g/mol. The van der Waals surface area contributed by atoms with E-state index in [2.05, 4.69) is 5.32 Å². The van der Waals surface area contributed by atoms with Crippen molar-refractivity contribution in [3.8, 4) is 0 Å². The standard InChI is InChI=1S/C18H21Cl2F3N2O2/c1-2-25(10-15(26)24-16-13(19)7-4-8-14(16)20)17(27)11-5-3-6-12(9-11)18(21,22)23/h4,7-8,11-12H,2-3,5-6,9-10H2,1H3,(H,24,26). The van der Waals surface area contributed by atoms with Gasteiger partial charge in [-0.2, -0.15) is 13.2 Å². The van der Waals surface area contributed by atoms with Crippen LogP contribution in [0.15, 0.2) is 18.2 Å². The molecule has 0 radical (unpaired) electrons. The molecule has 4 nitrogen and oxygen atoms in total. The van der Waals surface area contributed by atoms with E-state index >= 15 is 0 Å². The smallest absolute Gasteiger partial charge is 0.333 e. The van der Waals surface area contributed by atoms with Crippen molar-refractivity contribution in [1.29, 1.82) is 0 Å². The molecule has 2 rings (SSSR count). The zero-order chi connectivity index (χ0) is 20.2. The topological polar surface area (TPSA) is 49.4 Å². The quantitative estimate of drug-likeness (QED) is 0.710. The van der Waals surface area contributed by atoms with E-state index in [0.717, 1.165) is 0 Å². The van der Waals surface area contributed by atoms with Crippen molar-refractivity contribution in [2.24, 2.45) is 11.8 Å². The Balaban J connectivity index is 2.01. The summed E-state index contributed by atoms with van der Waals surface area (Å²) in [6.45, 7) is 1.62. The van der Waals surface area contributed by atoms with Crippen LogP contribution in [0.1, 0.15) is 32.6 Å². The lowest BCUT2D eigenvalue weighted by Crippen LogP contribution is -2.43. The molecule has 0 heterocycles. The van der Waals surface area contributed by atoms with E-state index in [1.165, 1.54) is 4.90 Å². The summed E-state index contributed by atoms with van der Waals surface area (Å²) in [6, 6.07) is 4.75. The molecule has 1 N–H and O–H groups in total. The van der Waals surface area contributed by atoms with E-state index in [1.54, 1.807) is 25.1 Å². The van der Waals surface area contributed by atoms with E-state index in [4.69, 9.17) is 23.2 Å². The average Bonchev–Trinajstić information content (AvgIpc) is 2.61. The van der Waals surface area contributed by atoms with Crippen molar-refractivity contribution in [3.63, 3.8) is 0 Å². The maximum atomic E-state index is 13.0. The molecule has 150 valence electrons. The fourth-order valence-electron chi connectivity index (χ4n) is 3.28. The largest absolute Gasteiger partial charge is 0.391 e. The number of anilines is 1. The van der Waals surface area contributed by atoms with Gasteiger partial charge >= 0.3 is 6.18 Å². The number of amides is 2. The zero-order valence-corrected chi connectivity index (χ0v) is 16.3. The number of carbonyl (C=O) groups is 2. The molecule has 0 saturated heterocycles. The molecule has 1 aromatic rings. The third kappa shape index (κ3) is 5.75. The summed E-state index contributed by atoms with van der Waals surface area (Å²) >= 11 is 12.0. The summed E-state index contributed by atoms with van der Waals surface area (Å²) in [7, 11) is 0. The van der Waals surface area contributed by atoms with Gasteiger partial charge in [-0.3, -0.25) is 9.59 Å². The van der Waals surface area contributed by atoms with Crippen LogP contribution >= 0.6 is 23.2 Å². The van der Waals surface area contributed by atoms with Crippen molar-refractivity contribution in [2.75, 3.05) is 18.4 Å². The van der Waals surface area contributed by atoms with E-state index in [9.17, 15) is 22.8 Å². The number of halogens is 5. The van der Waals surface area contributed by atoms with Crippen LogP contribution in [-0.4, -0.2) is 36.0 Å². The highest BCUT2D eigenvalue weighted by Crippen LogP contribution is 2.40. The Kier molecular flexibility index (Phi) is 7.40. The first-order valence-corrected chi connectivity index (χ1v) is 9.48. The van der Waals surface area contributed by atoms with Crippen LogP contribution in [-0.2, 0) is 9.59 Å². The molecule has 0 bridgehead atoms. The number of nitrogens with one attached hydrogen (secondary N) is 1. The van der Waals surface area contributed by atoms with Gasteiger partial charge in [-0.05, 0) is 38.3 Å². The van der Waals surface area contributed by atoms with E-state index in [0.29, 0.717) is 12.8 Å². The SMILES string of the molecule is CCN(CC(=O)Nc1c(Cl)cccc1Cl)C(=O)C1CCCC(C(F)(F)F)C1. The molecule has 9 heteroatoms. The summed E-state index contributed by atoms with van der Waals surface area (Å²) in [5.74, 6) is -3.12. The van der Waals surface area contributed by atoms with E-state index in [-0.39, 0.29) is 41.7 Å². The lowest BCUT2D eigenvalue weighted by molar-refractivity contribution is -0.187. The highest BCUT2D eigenvalue weighted by atomic mass is 35.5. The van der Waals surface area contributed by atoms with Gasteiger partial charge in [-0.15, -0.1) is 0 Å². The first-order chi connectivity index (χ1) is 12.6. The third-order valence-electron chi connectivity index (χ3n) is 4.74. The Morgan fingerprint density at radius 1 is 1.22 bits per heavy atom. The van der Waals surface area contributed by atoms with Crippen LogP contribution in [0.4, 0.5) is 18.9 Å². The van der Waals surface area contributed by atoms with Crippen LogP contribution in [0, 0.1) is 11.8 Å². The normalized spacial score (nSPS) is 20.2. The second-order valence-corrected chi connectivity index (χ2v) is 7.41. The number of para-hydroxylation sites is 1. The lowest BCUT2D eigenvalue weighted by atomic mass is 9.80. The highest BCUT2D eigenvalue weighted by molar-refractivity contribution is 6.39. The van der Waals surface area contributed by atoms with Crippen LogP contribution in [0.2, 0.25) is 10.0 Å². The van der Waals surface area contributed by atoms with Gasteiger partial charge in [0.25, 0.3) is 0 Å². The number of benzene rings is 1. The first kappa shape index (κ1) is 21.8. The summed E-state index contributed by atoms with van der Waals surface area (Å²) in [4.78, 5) is 26.2. The molecule has 1 aliphatic rings. The number of carbonyl (C=O) groups excluding carboxylic acids is 2. The minimum atomic E-state index is -4.30. The first-order valence-electron chi connectivity index (χ1n) is 8.72. The molecule has 1 aromatic carbocycles. The van der Waals surface area contributed by atoms with Gasteiger partial charge < -0.3 is 10.2 Å². The van der Waals surface area contributed by atoms with Gasteiger partial charge in [-0.25, -0.2) is 0 Å². The predicted octanol–water partition coefficient (Wildman–Crippen LogP) is 5.15. The van der Waals surface area contributed by atoms with Crippen LogP contribution < -0.4 is 5.32 Å². The number of nitrogens with zero attached hydrogens (tertiary/aromatic N) is 1. The molecule has 2 atom stereocenters. The molecule has 0 aliphatic heterocycles. The summed E-state index contributed by atoms with van der Waals surface area (Å²) in [5.41, 5.74) is 0.240. The molecule has 1 fully saturated rings. The van der Waals surface area contributed by atoms with Gasteiger partial charge in [0.2, 0.25) is 11.8 Å². The summed E-state index contributed by atoms with van der Waals surface area (Å²) in [5, 5.41) is 3.07. The Hall–Kier alpha value is -1.47. The van der Waals surface area contributed by atoms with Crippen molar-refractivity contribution in [3.05, 3.63) is 28.2 Å². The molecule has 2 unspecified atom stereocenters. The fraction of sp³-hybridized carbons (Fsp3) is 0.556. The van der Waals surface area contributed by atoms with Crippen LogP contribution in [0.25, 0.3) is 0 Å². The maximum absolute atomic E-state index is 13.0. The molecular formula is C18H21Cl2F3N2O2. The fourth-order valence-corrected chi connectivity index (χ4v) is 3.78. The number of alkyl halides is 3. The van der Waals surface area contributed by atoms with Gasteiger partial charge in [0.05, 0.1) is 28.2 Å². The summed E-state index contributed by atoms with van der Waals surface area (Å²) < 4.78 is 38.9. The van der Waals surface area contributed by atoms with Crippen LogP contribution in [0.5, 0.6) is 0 Å². The number of likely N-dealkylation sites (N-methyl/N-ethyl adjacent to an activating group) is 1. The minimum absolute atomic E-state index is 0.0465. The van der Waals surface area contributed by atoms with Gasteiger partial charge in [0, 0.05) is 12.5 Å². The second-order valence-electron chi connectivity index (χ2n) is 6.60. The number of rotatable bonds is 5. The Morgan fingerprint density at radius 3 is 2.41 bits per heavy atom. The third-order valence-corrected chi connectivity index (χ3v) is 5.37. The van der Waals surface area contributed by atoms with Crippen molar-refractivity contribution in [2.45, 2.75) is 38.8 Å². The van der Waals surface area contributed by atoms with Gasteiger partial charge in [-0.1, -0.05) is 35.7 Å². The number of hydrogen-bond donors (Lipinski definition) is 1. The molecule has 27 heavy (non-hydrogen) atoms. The Morgan fingerprint density at radius 2 is 1.85 bits per heavy atom. The van der Waals surface area contributed by atoms with Crippen molar-refractivity contribution >= 4 is 40.7 Å². The highest BCUT2D eigenvalue weighted by Gasteiger charge is 2.44. The molecule has 1 aliphatic carbocycles. The molecule has 1 saturated carbocycles. The van der Waals surface area contributed by atoms with Gasteiger partial charge in [0.1, 0.15) is 0 Å². The Labute approximate surface area is 166 Å². The molecule has 0 aromatic heterocycles. The predicted molar refractivity (Wildman–Crippen MR) is 98.8 cm³/mol. The zero-order valence-electron chi connectivity index (χ0n) is 14.8. The van der Waals surface area contributed by atoms with E-state index in [1.807, 2.05) is 0 Å². The van der Waals surface area contributed by atoms with Crippen molar-refractivity contribution < 1.29 is 22.8 Å². The molecule has 0 spiro atoms. The van der Waals surface area contributed by atoms with Crippen LogP contribution in [0.3, 0.4) is 0 Å². The van der Waals surface area contributed by atoms with Crippen molar-refractivity contribution in [1.82, 2.24) is 4.90 Å².